The molecule has 2 amide bonds. The van der Waals surface area contributed by atoms with Crippen LogP contribution >= 0.6 is 0 Å². The highest BCUT2D eigenvalue weighted by Crippen LogP contribution is 2.20. The van der Waals surface area contributed by atoms with Gasteiger partial charge in [0.1, 0.15) is 0 Å². The molecule has 23 heavy (non-hydrogen) atoms. The number of benzene rings is 1. The van der Waals surface area contributed by atoms with E-state index in [9.17, 15) is 9.59 Å². The topological polar surface area (TPSA) is 64.0 Å². The van der Waals surface area contributed by atoms with E-state index in [-0.39, 0.29) is 24.3 Å². The van der Waals surface area contributed by atoms with E-state index in [1.165, 1.54) is 0 Å². The summed E-state index contributed by atoms with van der Waals surface area (Å²) in [6.45, 7) is 5.99. The van der Waals surface area contributed by atoms with Crippen molar-refractivity contribution in [3.63, 3.8) is 0 Å². The molecule has 5 heteroatoms. The zero-order chi connectivity index (χ0) is 16.8. The van der Waals surface area contributed by atoms with Crippen LogP contribution in [-0.4, -0.2) is 21.6 Å². The summed E-state index contributed by atoms with van der Waals surface area (Å²) in [6.07, 6.45) is 2.03. The number of imide groups is 1. The molecule has 1 atom stereocenters. The van der Waals surface area contributed by atoms with Crippen molar-refractivity contribution in [3.8, 4) is 0 Å². The summed E-state index contributed by atoms with van der Waals surface area (Å²) in [6, 6.07) is 10.7. The minimum atomic E-state index is -0.362. The van der Waals surface area contributed by atoms with Gasteiger partial charge in [0.15, 0.2) is 0 Å². The fourth-order valence-corrected chi connectivity index (χ4v) is 2.71. The molecule has 2 rings (SSSR count). The first-order valence-electron chi connectivity index (χ1n) is 7.93. The first-order chi connectivity index (χ1) is 11.0. The second-order valence-corrected chi connectivity index (χ2v) is 5.76. The number of rotatable bonds is 6. The van der Waals surface area contributed by atoms with Gasteiger partial charge >= 0.3 is 0 Å². The molecule has 0 aliphatic carbocycles. The number of hydrogen-bond acceptors (Lipinski definition) is 3. The average molecular weight is 313 g/mol. The Kier molecular flexibility index (Phi) is 5.68. The van der Waals surface area contributed by atoms with E-state index in [1.54, 1.807) is 24.3 Å². The van der Waals surface area contributed by atoms with Crippen LogP contribution in [0.2, 0.25) is 0 Å². The van der Waals surface area contributed by atoms with E-state index in [1.807, 2.05) is 30.7 Å². The summed E-state index contributed by atoms with van der Waals surface area (Å²) in [5.74, 6) is -0.635. The minimum absolute atomic E-state index is 0.0303. The summed E-state index contributed by atoms with van der Waals surface area (Å²) < 4.78 is 1.89. The lowest BCUT2D eigenvalue weighted by atomic mass is 10.1. The van der Waals surface area contributed by atoms with E-state index in [2.05, 4.69) is 17.3 Å². The first kappa shape index (κ1) is 16.9. The van der Waals surface area contributed by atoms with Crippen molar-refractivity contribution < 1.29 is 9.59 Å². The van der Waals surface area contributed by atoms with Crippen LogP contribution in [0.3, 0.4) is 0 Å². The number of aryl methyl sites for hydroxylation is 2. The summed E-state index contributed by atoms with van der Waals surface area (Å²) in [5.41, 5.74) is 2.45. The molecular formula is C18H23N3O2. The van der Waals surface area contributed by atoms with Crippen LogP contribution in [0.25, 0.3) is 0 Å². The van der Waals surface area contributed by atoms with Gasteiger partial charge in [0, 0.05) is 17.7 Å². The fourth-order valence-electron chi connectivity index (χ4n) is 2.71. The van der Waals surface area contributed by atoms with Crippen molar-refractivity contribution in [3.05, 3.63) is 53.3 Å². The van der Waals surface area contributed by atoms with Crippen LogP contribution in [0, 0.1) is 13.8 Å². The third-order valence-corrected chi connectivity index (χ3v) is 3.72. The Labute approximate surface area is 136 Å². The van der Waals surface area contributed by atoms with Crippen LogP contribution in [-0.2, 0) is 4.79 Å². The second kappa shape index (κ2) is 7.72. The van der Waals surface area contributed by atoms with Gasteiger partial charge in [-0.25, -0.2) is 0 Å². The summed E-state index contributed by atoms with van der Waals surface area (Å²) in [5, 5.41) is 6.93. The predicted molar refractivity (Wildman–Crippen MR) is 89.2 cm³/mol. The lowest BCUT2D eigenvalue weighted by Gasteiger charge is -2.18. The quantitative estimate of drug-likeness (QED) is 0.891. The molecule has 122 valence electrons. The van der Waals surface area contributed by atoms with E-state index in [0.29, 0.717) is 5.56 Å². The number of hydrogen-bond donors (Lipinski definition) is 1. The normalized spacial score (nSPS) is 12.0. The molecule has 0 bridgehead atoms. The lowest BCUT2D eigenvalue weighted by Crippen LogP contribution is -2.32. The molecule has 5 nitrogen and oxygen atoms in total. The van der Waals surface area contributed by atoms with Crippen molar-refractivity contribution in [2.75, 3.05) is 0 Å². The van der Waals surface area contributed by atoms with Crippen LogP contribution < -0.4 is 5.32 Å². The van der Waals surface area contributed by atoms with Gasteiger partial charge in [0.25, 0.3) is 5.91 Å². The fraction of sp³-hybridized carbons (Fsp3) is 0.389. The smallest absolute Gasteiger partial charge is 0.257 e. The number of carbonyl (C=O) groups is 2. The molecule has 2 aromatic rings. The number of amides is 2. The van der Waals surface area contributed by atoms with Gasteiger partial charge in [-0.2, -0.15) is 5.10 Å². The predicted octanol–water partition coefficient (Wildman–Crippen LogP) is 3.19. The Bertz CT molecular complexity index is 677. The van der Waals surface area contributed by atoms with Gasteiger partial charge < -0.3 is 0 Å². The molecule has 1 aromatic carbocycles. The highest BCUT2D eigenvalue weighted by atomic mass is 16.2. The maximum atomic E-state index is 12.2. The third-order valence-electron chi connectivity index (χ3n) is 3.72. The summed E-state index contributed by atoms with van der Waals surface area (Å²) in [7, 11) is 0. The number of nitrogens with one attached hydrogen (secondary N) is 1. The van der Waals surface area contributed by atoms with E-state index in [0.717, 1.165) is 24.2 Å². The molecule has 0 radical (unpaired) electrons. The Morgan fingerprint density at radius 2 is 1.91 bits per heavy atom. The Hall–Kier alpha value is -2.43. The number of nitrogens with zero attached hydrogens (tertiary/aromatic N) is 2. The second-order valence-electron chi connectivity index (χ2n) is 5.76. The first-order valence-corrected chi connectivity index (χ1v) is 7.93. The number of aromatic nitrogens is 2. The van der Waals surface area contributed by atoms with E-state index in [4.69, 9.17) is 0 Å². The summed E-state index contributed by atoms with van der Waals surface area (Å²) in [4.78, 5) is 24.3. The Balaban J connectivity index is 2.04. The van der Waals surface area contributed by atoms with Crippen molar-refractivity contribution in [1.82, 2.24) is 15.1 Å². The minimum Gasteiger partial charge on any atom is -0.292 e. The highest BCUT2D eigenvalue weighted by molar-refractivity contribution is 6.04. The highest BCUT2D eigenvalue weighted by Gasteiger charge is 2.19. The van der Waals surface area contributed by atoms with Crippen molar-refractivity contribution in [2.24, 2.45) is 0 Å². The molecule has 1 aromatic heterocycles. The molecule has 0 saturated carbocycles. The zero-order valence-electron chi connectivity index (χ0n) is 13.9. The van der Waals surface area contributed by atoms with Crippen molar-refractivity contribution in [2.45, 2.75) is 46.1 Å². The maximum absolute atomic E-state index is 12.2. The average Bonchev–Trinajstić information content (AvgIpc) is 2.86. The third kappa shape index (κ3) is 4.52. The molecular weight excluding hydrogens is 290 g/mol. The molecule has 0 saturated heterocycles. The van der Waals surface area contributed by atoms with Gasteiger partial charge in [-0.05, 0) is 38.5 Å². The van der Waals surface area contributed by atoms with Crippen LogP contribution in [0.5, 0.6) is 0 Å². The van der Waals surface area contributed by atoms with E-state index < -0.39 is 0 Å². The molecule has 1 heterocycles. The van der Waals surface area contributed by atoms with Crippen LogP contribution in [0.4, 0.5) is 0 Å². The lowest BCUT2D eigenvalue weighted by molar-refractivity contribution is -0.121. The van der Waals surface area contributed by atoms with Crippen molar-refractivity contribution >= 4 is 11.8 Å². The molecule has 0 aliphatic rings. The van der Waals surface area contributed by atoms with Gasteiger partial charge in [-0.15, -0.1) is 0 Å². The van der Waals surface area contributed by atoms with Gasteiger partial charge in [0.05, 0.1) is 11.7 Å². The molecule has 1 N–H and O–H groups in total. The molecule has 0 aliphatic heterocycles. The van der Waals surface area contributed by atoms with Crippen molar-refractivity contribution in [1.29, 1.82) is 0 Å². The summed E-state index contributed by atoms with van der Waals surface area (Å²) >= 11 is 0. The van der Waals surface area contributed by atoms with Crippen LogP contribution in [0.1, 0.15) is 54.0 Å². The van der Waals surface area contributed by atoms with Gasteiger partial charge in [0.2, 0.25) is 5.91 Å². The van der Waals surface area contributed by atoms with E-state index >= 15 is 0 Å². The molecule has 0 fully saturated rings. The zero-order valence-corrected chi connectivity index (χ0v) is 13.9. The Morgan fingerprint density at radius 1 is 1.22 bits per heavy atom. The SMILES string of the molecule is CCCC(CC(=O)NC(=O)c1ccccc1)n1nc(C)cc1C. The molecule has 0 spiro atoms. The number of carbonyl (C=O) groups excluding carboxylic acids is 2. The largest absolute Gasteiger partial charge is 0.292 e. The van der Waals surface area contributed by atoms with Crippen LogP contribution in [0.15, 0.2) is 36.4 Å². The van der Waals surface area contributed by atoms with Gasteiger partial charge in [-0.3, -0.25) is 19.6 Å². The monoisotopic (exact) mass is 313 g/mol. The van der Waals surface area contributed by atoms with Gasteiger partial charge in [-0.1, -0.05) is 31.5 Å². The maximum Gasteiger partial charge on any atom is 0.257 e. The Morgan fingerprint density at radius 3 is 2.48 bits per heavy atom. The standard InChI is InChI=1S/C18H23N3O2/c1-4-8-16(21-14(3)11-13(2)20-21)12-17(22)19-18(23)15-9-6-5-7-10-15/h5-7,9-11,16H,4,8,12H2,1-3H3,(H,19,22,23). The molecule has 1 unspecified atom stereocenters.